The van der Waals surface area contributed by atoms with Crippen molar-refractivity contribution in [2.24, 2.45) is 5.92 Å². The van der Waals surface area contributed by atoms with E-state index in [0.29, 0.717) is 35.8 Å². The summed E-state index contributed by atoms with van der Waals surface area (Å²) in [7, 11) is 0. The van der Waals surface area contributed by atoms with E-state index in [1.807, 2.05) is 11.8 Å². The number of amides is 1. The highest BCUT2D eigenvalue weighted by atomic mass is 16.2. The molecule has 0 spiro atoms. The van der Waals surface area contributed by atoms with E-state index in [0.717, 1.165) is 31.5 Å². The molecule has 0 aromatic carbocycles. The van der Waals surface area contributed by atoms with Crippen LogP contribution in [-0.2, 0) is 11.2 Å². The van der Waals surface area contributed by atoms with Crippen LogP contribution in [0.2, 0.25) is 0 Å². The molecule has 6 nitrogen and oxygen atoms in total. The molecule has 3 heterocycles. The number of nitrogens with zero attached hydrogens (tertiary/aromatic N) is 3. The lowest BCUT2D eigenvalue weighted by Crippen LogP contribution is -2.38. The lowest BCUT2D eigenvalue weighted by molar-refractivity contribution is -0.132. The SMILES string of the molecule is Cc1nc(-c2ccncc2)[nH]c(=O)c1CCC(=O)N1CCC(C)CC1. The number of carbonyl (C=O) groups is 1. The van der Waals surface area contributed by atoms with Crippen LogP contribution >= 0.6 is 0 Å². The Hall–Kier alpha value is -2.50. The van der Waals surface area contributed by atoms with Gasteiger partial charge in [0.1, 0.15) is 5.82 Å². The van der Waals surface area contributed by atoms with Gasteiger partial charge in [0, 0.05) is 48.7 Å². The average Bonchev–Trinajstić information content (AvgIpc) is 2.62. The molecule has 0 unspecified atom stereocenters. The summed E-state index contributed by atoms with van der Waals surface area (Å²) in [4.78, 5) is 38.0. The Kier molecular flexibility index (Phi) is 5.26. The molecule has 1 aliphatic heterocycles. The molecular formula is C19H24N4O2. The first-order chi connectivity index (χ1) is 12.0. The normalized spacial score (nSPS) is 15.4. The Morgan fingerprint density at radius 1 is 1.28 bits per heavy atom. The molecule has 1 amide bonds. The molecule has 2 aromatic heterocycles. The predicted molar refractivity (Wildman–Crippen MR) is 96.1 cm³/mol. The molecule has 0 aliphatic carbocycles. The number of pyridine rings is 1. The first-order valence-electron chi connectivity index (χ1n) is 8.82. The van der Waals surface area contributed by atoms with Crippen LogP contribution in [0, 0.1) is 12.8 Å². The largest absolute Gasteiger partial charge is 0.343 e. The van der Waals surface area contributed by atoms with Gasteiger partial charge in [-0.2, -0.15) is 0 Å². The number of aryl methyl sites for hydroxylation is 1. The molecule has 2 aromatic rings. The summed E-state index contributed by atoms with van der Waals surface area (Å²) in [5, 5.41) is 0. The van der Waals surface area contributed by atoms with Crippen LogP contribution in [0.15, 0.2) is 29.3 Å². The Morgan fingerprint density at radius 3 is 2.60 bits per heavy atom. The van der Waals surface area contributed by atoms with E-state index in [1.165, 1.54) is 0 Å². The van der Waals surface area contributed by atoms with Crippen molar-refractivity contribution in [3.8, 4) is 11.4 Å². The van der Waals surface area contributed by atoms with Gasteiger partial charge in [-0.15, -0.1) is 0 Å². The third-order valence-electron chi connectivity index (χ3n) is 4.90. The second-order valence-electron chi connectivity index (χ2n) is 6.78. The van der Waals surface area contributed by atoms with Crippen molar-refractivity contribution in [1.82, 2.24) is 19.9 Å². The zero-order valence-electron chi connectivity index (χ0n) is 14.8. The Balaban J connectivity index is 1.69. The zero-order valence-corrected chi connectivity index (χ0v) is 14.8. The van der Waals surface area contributed by atoms with Gasteiger partial charge in [0.15, 0.2) is 0 Å². The highest BCUT2D eigenvalue weighted by Crippen LogP contribution is 2.18. The number of aromatic amines is 1. The number of hydrogen-bond acceptors (Lipinski definition) is 4. The van der Waals surface area contributed by atoms with Crippen LogP contribution in [0.3, 0.4) is 0 Å². The minimum absolute atomic E-state index is 0.129. The number of nitrogens with one attached hydrogen (secondary N) is 1. The van der Waals surface area contributed by atoms with Gasteiger partial charge in [-0.3, -0.25) is 14.6 Å². The van der Waals surface area contributed by atoms with Crippen LogP contribution in [0.25, 0.3) is 11.4 Å². The van der Waals surface area contributed by atoms with Gasteiger partial charge < -0.3 is 9.88 Å². The van der Waals surface area contributed by atoms with E-state index in [-0.39, 0.29) is 11.5 Å². The van der Waals surface area contributed by atoms with E-state index >= 15 is 0 Å². The third-order valence-corrected chi connectivity index (χ3v) is 4.90. The summed E-state index contributed by atoms with van der Waals surface area (Å²) in [5.41, 5.74) is 1.92. The van der Waals surface area contributed by atoms with Gasteiger partial charge >= 0.3 is 0 Å². The number of likely N-dealkylation sites (tertiary alicyclic amines) is 1. The van der Waals surface area contributed by atoms with Crippen molar-refractivity contribution < 1.29 is 4.79 Å². The van der Waals surface area contributed by atoms with Crippen LogP contribution in [0.4, 0.5) is 0 Å². The number of rotatable bonds is 4. The fourth-order valence-electron chi connectivity index (χ4n) is 3.20. The van der Waals surface area contributed by atoms with E-state index in [1.54, 1.807) is 24.5 Å². The van der Waals surface area contributed by atoms with Gasteiger partial charge in [-0.1, -0.05) is 6.92 Å². The maximum atomic E-state index is 12.4. The van der Waals surface area contributed by atoms with Crippen molar-refractivity contribution in [2.45, 2.75) is 39.5 Å². The molecule has 3 rings (SSSR count). The third kappa shape index (κ3) is 4.13. The second kappa shape index (κ2) is 7.59. The standard InChI is InChI=1S/C19H24N4O2/c1-13-7-11-23(12-8-13)17(24)4-3-16-14(2)21-18(22-19(16)25)15-5-9-20-10-6-15/h5-6,9-10,13H,3-4,7-8,11-12H2,1-2H3,(H,21,22,25). The van der Waals surface area contributed by atoms with Crippen LogP contribution < -0.4 is 5.56 Å². The fraction of sp³-hybridized carbons (Fsp3) is 0.474. The topological polar surface area (TPSA) is 79.0 Å². The van der Waals surface area contributed by atoms with E-state index in [4.69, 9.17) is 0 Å². The number of piperidine rings is 1. The number of carbonyl (C=O) groups excluding carboxylic acids is 1. The van der Waals surface area contributed by atoms with E-state index in [9.17, 15) is 9.59 Å². The molecule has 1 fully saturated rings. The maximum Gasteiger partial charge on any atom is 0.254 e. The number of aromatic nitrogens is 3. The average molecular weight is 340 g/mol. The lowest BCUT2D eigenvalue weighted by Gasteiger charge is -2.30. The van der Waals surface area contributed by atoms with Crippen molar-refractivity contribution >= 4 is 5.91 Å². The zero-order chi connectivity index (χ0) is 17.8. The van der Waals surface area contributed by atoms with E-state index < -0.39 is 0 Å². The summed E-state index contributed by atoms with van der Waals surface area (Å²) in [6, 6.07) is 3.61. The maximum absolute atomic E-state index is 12.4. The minimum atomic E-state index is -0.167. The molecule has 1 saturated heterocycles. The predicted octanol–water partition coefficient (Wildman–Crippen LogP) is 2.33. The molecule has 0 bridgehead atoms. The summed E-state index contributed by atoms with van der Waals surface area (Å²) in [5.74, 6) is 1.35. The van der Waals surface area contributed by atoms with Gasteiger partial charge in [0.2, 0.25) is 5.91 Å². The van der Waals surface area contributed by atoms with Gasteiger partial charge in [0.05, 0.1) is 0 Å². The number of H-pyrrole nitrogens is 1. The molecule has 0 radical (unpaired) electrons. The molecule has 132 valence electrons. The molecule has 0 saturated carbocycles. The van der Waals surface area contributed by atoms with Crippen LogP contribution in [0.1, 0.15) is 37.4 Å². The lowest BCUT2D eigenvalue weighted by atomic mass is 9.98. The Bertz CT molecular complexity index is 793. The molecular weight excluding hydrogens is 316 g/mol. The van der Waals surface area contributed by atoms with Gasteiger partial charge in [-0.25, -0.2) is 4.98 Å². The minimum Gasteiger partial charge on any atom is -0.343 e. The van der Waals surface area contributed by atoms with Crippen molar-refractivity contribution in [2.75, 3.05) is 13.1 Å². The van der Waals surface area contributed by atoms with Crippen LogP contribution in [0.5, 0.6) is 0 Å². The Morgan fingerprint density at radius 2 is 1.96 bits per heavy atom. The first-order valence-corrected chi connectivity index (χ1v) is 8.82. The summed E-state index contributed by atoms with van der Waals surface area (Å²) < 4.78 is 0. The second-order valence-corrected chi connectivity index (χ2v) is 6.78. The van der Waals surface area contributed by atoms with Gasteiger partial charge in [0.25, 0.3) is 5.56 Å². The van der Waals surface area contributed by atoms with Crippen LogP contribution in [-0.4, -0.2) is 38.8 Å². The Labute approximate surface area is 147 Å². The van der Waals surface area contributed by atoms with Gasteiger partial charge in [-0.05, 0) is 44.2 Å². The highest BCUT2D eigenvalue weighted by molar-refractivity contribution is 5.76. The smallest absolute Gasteiger partial charge is 0.254 e. The van der Waals surface area contributed by atoms with Crippen molar-refractivity contribution in [3.63, 3.8) is 0 Å². The molecule has 25 heavy (non-hydrogen) atoms. The number of hydrogen-bond donors (Lipinski definition) is 1. The fourth-order valence-corrected chi connectivity index (χ4v) is 3.20. The molecule has 0 atom stereocenters. The quantitative estimate of drug-likeness (QED) is 0.926. The summed E-state index contributed by atoms with van der Waals surface area (Å²) in [6.45, 7) is 5.70. The summed E-state index contributed by atoms with van der Waals surface area (Å²) >= 11 is 0. The molecule has 6 heteroatoms. The summed E-state index contributed by atoms with van der Waals surface area (Å²) in [6.07, 6.45) is 6.23. The molecule has 1 aliphatic rings. The first kappa shape index (κ1) is 17.3. The van der Waals surface area contributed by atoms with Crippen molar-refractivity contribution in [3.05, 3.63) is 46.1 Å². The molecule has 1 N–H and O–H groups in total. The van der Waals surface area contributed by atoms with Crippen molar-refractivity contribution in [1.29, 1.82) is 0 Å². The van der Waals surface area contributed by atoms with E-state index in [2.05, 4.69) is 21.9 Å². The monoisotopic (exact) mass is 340 g/mol. The highest BCUT2D eigenvalue weighted by Gasteiger charge is 2.20.